The molecule has 1 aliphatic heterocycles. The molecule has 1 amide bonds. The van der Waals surface area contributed by atoms with E-state index >= 15 is 0 Å². The molecule has 0 bridgehead atoms. The monoisotopic (exact) mass is 488 g/mol. The molecular formula is C23H22ClFN4O3S. The van der Waals surface area contributed by atoms with Gasteiger partial charge in [-0.2, -0.15) is 17.4 Å². The number of aryl methyl sites for hydroxylation is 1. The number of amides is 1. The first-order valence-electron chi connectivity index (χ1n) is 10.2. The molecule has 0 spiro atoms. The van der Waals surface area contributed by atoms with Gasteiger partial charge in [-0.15, -0.1) is 0 Å². The number of likely N-dealkylation sites (N-methyl/N-ethyl adjacent to an activating group) is 1. The summed E-state index contributed by atoms with van der Waals surface area (Å²) in [6.07, 6.45) is 1.92. The van der Waals surface area contributed by atoms with Crippen LogP contribution in [-0.4, -0.2) is 36.7 Å². The molecule has 2 N–H and O–H groups in total. The number of hydrogen-bond donors (Lipinski definition) is 2. The van der Waals surface area contributed by atoms with Gasteiger partial charge in [0, 0.05) is 30.7 Å². The van der Waals surface area contributed by atoms with Crippen LogP contribution in [0.2, 0.25) is 5.02 Å². The molecule has 1 saturated heterocycles. The summed E-state index contributed by atoms with van der Waals surface area (Å²) in [5, 5.41) is 2.49. The Morgan fingerprint density at radius 1 is 1.18 bits per heavy atom. The highest BCUT2D eigenvalue weighted by Gasteiger charge is 2.40. The fourth-order valence-electron chi connectivity index (χ4n) is 3.79. The van der Waals surface area contributed by atoms with Crippen LogP contribution < -0.4 is 10.0 Å². The summed E-state index contributed by atoms with van der Waals surface area (Å²) >= 11 is 5.79. The predicted molar refractivity (Wildman–Crippen MR) is 125 cm³/mol. The molecule has 0 radical (unpaired) electrons. The van der Waals surface area contributed by atoms with Crippen LogP contribution in [0.3, 0.4) is 0 Å². The third-order valence-corrected chi connectivity index (χ3v) is 7.46. The van der Waals surface area contributed by atoms with Crippen LogP contribution in [0, 0.1) is 12.7 Å². The maximum atomic E-state index is 13.4. The Kier molecular flexibility index (Phi) is 6.49. The Morgan fingerprint density at radius 2 is 1.94 bits per heavy atom. The number of nitrogens with zero attached hydrogens (tertiary/aromatic N) is 2. The van der Waals surface area contributed by atoms with Gasteiger partial charge in [-0.1, -0.05) is 29.8 Å². The fraction of sp³-hybridized carbons (Fsp3) is 0.217. The summed E-state index contributed by atoms with van der Waals surface area (Å²) in [6, 6.07) is 13.5. The molecule has 2 aromatic carbocycles. The lowest BCUT2D eigenvalue weighted by Gasteiger charge is -2.36. The van der Waals surface area contributed by atoms with Crippen molar-refractivity contribution in [3.8, 4) is 11.1 Å². The minimum Gasteiger partial charge on any atom is -0.325 e. The molecule has 0 saturated carbocycles. The molecule has 0 unspecified atom stereocenters. The summed E-state index contributed by atoms with van der Waals surface area (Å²) in [7, 11) is -2.57. The molecule has 33 heavy (non-hydrogen) atoms. The molecule has 7 nitrogen and oxygen atoms in total. The van der Waals surface area contributed by atoms with Gasteiger partial charge in [-0.05, 0) is 66.4 Å². The molecule has 2 atom stereocenters. The first kappa shape index (κ1) is 23.3. The van der Waals surface area contributed by atoms with Crippen LogP contribution in [0.1, 0.15) is 23.7 Å². The zero-order valence-electron chi connectivity index (χ0n) is 17.9. The number of nitrogens with one attached hydrogen (secondary N) is 2. The molecule has 4 rings (SSSR count). The average molecular weight is 489 g/mol. The highest BCUT2D eigenvalue weighted by atomic mass is 35.5. The molecule has 10 heteroatoms. The van der Waals surface area contributed by atoms with Crippen molar-refractivity contribution in [1.82, 2.24) is 14.0 Å². The van der Waals surface area contributed by atoms with Crippen molar-refractivity contribution in [3.63, 3.8) is 0 Å². The lowest BCUT2D eigenvalue weighted by atomic mass is 9.95. The van der Waals surface area contributed by atoms with E-state index in [4.69, 9.17) is 11.6 Å². The van der Waals surface area contributed by atoms with E-state index in [-0.39, 0.29) is 17.1 Å². The quantitative estimate of drug-likeness (QED) is 0.579. The van der Waals surface area contributed by atoms with Gasteiger partial charge < -0.3 is 5.32 Å². The Hall–Kier alpha value is -2.85. The second-order valence-corrected chi connectivity index (χ2v) is 10.0. The first-order chi connectivity index (χ1) is 15.6. The van der Waals surface area contributed by atoms with E-state index in [1.807, 2.05) is 43.3 Å². The van der Waals surface area contributed by atoms with Crippen molar-refractivity contribution in [2.75, 3.05) is 12.4 Å². The van der Waals surface area contributed by atoms with Crippen molar-refractivity contribution in [1.29, 1.82) is 0 Å². The van der Waals surface area contributed by atoms with Crippen molar-refractivity contribution >= 4 is 33.4 Å². The minimum absolute atomic E-state index is 0.139. The van der Waals surface area contributed by atoms with Crippen molar-refractivity contribution in [2.45, 2.75) is 25.4 Å². The van der Waals surface area contributed by atoms with Crippen molar-refractivity contribution in [2.24, 2.45) is 0 Å². The zero-order valence-corrected chi connectivity index (χ0v) is 19.5. The van der Waals surface area contributed by atoms with Crippen LogP contribution in [0.25, 0.3) is 11.1 Å². The van der Waals surface area contributed by atoms with E-state index < -0.39 is 34.0 Å². The summed E-state index contributed by atoms with van der Waals surface area (Å²) in [5.74, 6) is -1.14. The number of carbonyl (C=O) groups excluding carboxylic acids is 1. The van der Waals surface area contributed by atoms with Gasteiger partial charge in [-0.25, -0.2) is 4.39 Å². The van der Waals surface area contributed by atoms with Crippen molar-refractivity contribution in [3.05, 3.63) is 82.9 Å². The minimum atomic E-state index is -3.92. The molecular weight excluding hydrogens is 467 g/mol. The van der Waals surface area contributed by atoms with Gasteiger partial charge >= 0.3 is 0 Å². The number of hydrogen-bond acceptors (Lipinski definition) is 4. The highest BCUT2D eigenvalue weighted by molar-refractivity contribution is 7.87. The van der Waals surface area contributed by atoms with Crippen LogP contribution in [0.15, 0.2) is 60.8 Å². The lowest BCUT2D eigenvalue weighted by Crippen LogP contribution is -2.55. The number of aromatic nitrogens is 1. The Bertz CT molecular complexity index is 1320. The van der Waals surface area contributed by atoms with E-state index in [1.54, 1.807) is 6.20 Å². The second-order valence-electron chi connectivity index (χ2n) is 7.87. The second kappa shape index (κ2) is 9.18. The summed E-state index contributed by atoms with van der Waals surface area (Å²) in [6.45, 7) is 1.90. The van der Waals surface area contributed by atoms with E-state index in [2.05, 4.69) is 15.0 Å². The third-order valence-electron chi connectivity index (χ3n) is 5.58. The van der Waals surface area contributed by atoms with Gasteiger partial charge in [0.2, 0.25) is 5.91 Å². The smallest absolute Gasteiger partial charge is 0.280 e. The summed E-state index contributed by atoms with van der Waals surface area (Å²) < 4.78 is 42.6. The normalized spacial score (nSPS) is 20.4. The number of halogens is 2. The first-order valence-corrected chi connectivity index (χ1v) is 12.0. The number of pyridine rings is 1. The van der Waals surface area contributed by atoms with E-state index in [1.165, 1.54) is 19.2 Å². The molecule has 2 heterocycles. The summed E-state index contributed by atoms with van der Waals surface area (Å²) in [5.41, 5.74) is 3.76. The Labute approximate surface area is 196 Å². The number of rotatable bonds is 4. The van der Waals surface area contributed by atoms with Gasteiger partial charge in [0.15, 0.2) is 0 Å². The van der Waals surface area contributed by atoms with E-state index in [9.17, 15) is 17.6 Å². The van der Waals surface area contributed by atoms with Crippen LogP contribution in [0.5, 0.6) is 0 Å². The molecule has 172 valence electrons. The van der Waals surface area contributed by atoms with E-state index in [0.717, 1.165) is 32.8 Å². The SMILES string of the molecule is Cc1cc(-c2cccc([C@H]3C[C@@H](C(=O)Nc4ccc(F)c(Cl)c4)N(C)S(=O)(=O)N3)c2)ccn1. The molecule has 1 aromatic heterocycles. The number of anilines is 1. The number of carbonyl (C=O) groups is 1. The average Bonchev–Trinajstić information content (AvgIpc) is 2.78. The van der Waals surface area contributed by atoms with E-state index in [0.29, 0.717) is 0 Å². The topological polar surface area (TPSA) is 91.4 Å². The van der Waals surface area contributed by atoms with Crippen LogP contribution in [0.4, 0.5) is 10.1 Å². The van der Waals surface area contributed by atoms with Crippen molar-refractivity contribution < 1.29 is 17.6 Å². The maximum absolute atomic E-state index is 13.4. The largest absolute Gasteiger partial charge is 0.325 e. The molecule has 1 aliphatic rings. The fourth-order valence-corrected chi connectivity index (χ4v) is 5.24. The molecule has 1 fully saturated rings. The standard InChI is InChI=1S/C23H22ClFN4O3S/c1-14-10-16(8-9-26-14)15-4-3-5-17(11-15)21-13-22(29(2)33(31,32)28-21)23(30)27-18-6-7-20(25)19(24)12-18/h3-12,21-22,28H,13H2,1-2H3,(H,27,30)/t21-,22+/m1/s1. The number of benzene rings is 2. The van der Waals surface area contributed by atoms with Gasteiger partial charge in [0.1, 0.15) is 11.9 Å². The molecule has 3 aromatic rings. The van der Waals surface area contributed by atoms with Crippen LogP contribution >= 0.6 is 11.6 Å². The maximum Gasteiger partial charge on any atom is 0.280 e. The Balaban J connectivity index is 1.61. The highest BCUT2D eigenvalue weighted by Crippen LogP contribution is 2.31. The zero-order chi connectivity index (χ0) is 23.8. The van der Waals surface area contributed by atoms with Crippen LogP contribution in [-0.2, 0) is 15.0 Å². The lowest BCUT2D eigenvalue weighted by molar-refractivity contribution is -0.120. The van der Waals surface area contributed by atoms with Gasteiger partial charge in [0.05, 0.1) is 5.02 Å². The molecule has 0 aliphatic carbocycles. The van der Waals surface area contributed by atoms with Gasteiger partial charge in [0.25, 0.3) is 10.2 Å². The Morgan fingerprint density at radius 3 is 2.67 bits per heavy atom. The van der Waals surface area contributed by atoms with Gasteiger partial charge in [-0.3, -0.25) is 9.78 Å². The third kappa shape index (κ3) is 5.06. The predicted octanol–water partition coefficient (Wildman–Crippen LogP) is 4.07. The summed E-state index contributed by atoms with van der Waals surface area (Å²) in [4.78, 5) is 17.2.